The third-order valence-electron chi connectivity index (χ3n) is 4.65. The maximum Gasteiger partial charge on any atom is 0.289 e. The number of amides is 1. The van der Waals surface area contributed by atoms with Crippen LogP contribution in [0.25, 0.3) is 11.0 Å². The SMILES string of the molecule is CN(C)c1ccc(OC2CCN(C(=O)c3cc(=O)c4ccccc4o3)C2)nn1. The molecule has 144 valence electrons. The Morgan fingerprint density at radius 3 is 2.79 bits per heavy atom. The van der Waals surface area contributed by atoms with E-state index in [1.54, 1.807) is 35.2 Å². The first-order valence-electron chi connectivity index (χ1n) is 9.01. The van der Waals surface area contributed by atoms with E-state index in [0.717, 1.165) is 5.82 Å². The van der Waals surface area contributed by atoms with Crippen LogP contribution in [0, 0.1) is 0 Å². The third kappa shape index (κ3) is 3.53. The number of hydrogen-bond acceptors (Lipinski definition) is 7. The number of carbonyl (C=O) groups excluding carboxylic acids is 1. The fraction of sp³-hybridized carbons (Fsp3) is 0.300. The van der Waals surface area contributed by atoms with Gasteiger partial charge in [0.05, 0.1) is 11.9 Å². The van der Waals surface area contributed by atoms with Gasteiger partial charge in [-0.15, -0.1) is 10.2 Å². The number of fused-ring (bicyclic) bond motifs is 1. The molecule has 1 amide bonds. The molecule has 3 aromatic rings. The first kappa shape index (κ1) is 18.0. The fourth-order valence-corrected chi connectivity index (χ4v) is 3.16. The second kappa shape index (κ2) is 7.30. The van der Waals surface area contributed by atoms with Crippen molar-refractivity contribution in [3.8, 4) is 5.88 Å². The maximum absolute atomic E-state index is 12.8. The molecule has 1 aliphatic heterocycles. The molecule has 8 nitrogen and oxygen atoms in total. The number of rotatable bonds is 4. The molecule has 1 unspecified atom stereocenters. The van der Waals surface area contributed by atoms with Gasteiger partial charge in [0, 0.05) is 39.2 Å². The van der Waals surface area contributed by atoms with Crippen LogP contribution >= 0.6 is 0 Å². The van der Waals surface area contributed by atoms with E-state index in [4.69, 9.17) is 9.15 Å². The van der Waals surface area contributed by atoms with Crippen molar-refractivity contribution in [1.82, 2.24) is 15.1 Å². The first-order chi connectivity index (χ1) is 13.5. The van der Waals surface area contributed by atoms with Crippen molar-refractivity contribution in [3.63, 3.8) is 0 Å². The van der Waals surface area contributed by atoms with Gasteiger partial charge in [-0.2, -0.15) is 0 Å². The van der Waals surface area contributed by atoms with E-state index >= 15 is 0 Å². The number of ether oxygens (including phenoxy) is 1. The van der Waals surface area contributed by atoms with Crippen LogP contribution in [0.2, 0.25) is 0 Å². The van der Waals surface area contributed by atoms with E-state index in [-0.39, 0.29) is 23.2 Å². The quantitative estimate of drug-likeness (QED) is 0.683. The summed E-state index contributed by atoms with van der Waals surface area (Å²) in [5.41, 5.74) is 0.176. The highest BCUT2D eigenvalue weighted by Gasteiger charge is 2.30. The predicted molar refractivity (Wildman–Crippen MR) is 104 cm³/mol. The van der Waals surface area contributed by atoms with Crippen LogP contribution in [0.4, 0.5) is 5.82 Å². The minimum absolute atomic E-state index is 0.0412. The van der Waals surface area contributed by atoms with E-state index in [1.807, 2.05) is 25.1 Å². The van der Waals surface area contributed by atoms with Gasteiger partial charge >= 0.3 is 0 Å². The number of carbonyl (C=O) groups is 1. The van der Waals surface area contributed by atoms with Crippen LogP contribution in [-0.2, 0) is 0 Å². The Bertz CT molecular complexity index is 1060. The summed E-state index contributed by atoms with van der Waals surface area (Å²) in [4.78, 5) is 28.5. The highest BCUT2D eigenvalue weighted by molar-refractivity contribution is 5.93. The first-order valence-corrected chi connectivity index (χ1v) is 9.01. The average Bonchev–Trinajstić information content (AvgIpc) is 3.16. The van der Waals surface area contributed by atoms with Crippen LogP contribution in [0.5, 0.6) is 5.88 Å². The monoisotopic (exact) mass is 380 g/mol. The number of para-hydroxylation sites is 1. The van der Waals surface area contributed by atoms with Crippen molar-refractivity contribution >= 4 is 22.7 Å². The molecule has 1 aliphatic rings. The van der Waals surface area contributed by atoms with E-state index in [1.165, 1.54) is 6.07 Å². The van der Waals surface area contributed by atoms with Crippen molar-refractivity contribution < 1.29 is 13.9 Å². The summed E-state index contributed by atoms with van der Waals surface area (Å²) in [7, 11) is 3.77. The average molecular weight is 380 g/mol. The van der Waals surface area contributed by atoms with Gasteiger partial charge < -0.3 is 19.0 Å². The molecular weight excluding hydrogens is 360 g/mol. The van der Waals surface area contributed by atoms with Gasteiger partial charge in [0.15, 0.2) is 17.0 Å². The van der Waals surface area contributed by atoms with Crippen molar-refractivity contribution in [2.24, 2.45) is 0 Å². The summed E-state index contributed by atoms with van der Waals surface area (Å²) >= 11 is 0. The zero-order valence-corrected chi connectivity index (χ0v) is 15.7. The Balaban J connectivity index is 1.45. The Kier molecular flexibility index (Phi) is 4.68. The number of benzene rings is 1. The molecule has 0 aliphatic carbocycles. The zero-order valence-electron chi connectivity index (χ0n) is 15.7. The van der Waals surface area contributed by atoms with Crippen molar-refractivity contribution in [1.29, 1.82) is 0 Å². The number of hydrogen-bond donors (Lipinski definition) is 0. The topological polar surface area (TPSA) is 88.8 Å². The molecule has 4 rings (SSSR count). The van der Waals surface area contributed by atoms with Gasteiger partial charge in [-0.1, -0.05) is 12.1 Å². The van der Waals surface area contributed by atoms with Gasteiger partial charge in [-0.3, -0.25) is 9.59 Å². The van der Waals surface area contributed by atoms with E-state index in [2.05, 4.69) is 10.2 Å². The minimum Gasteiger partial charge on any atom is -0.471 e. The highest BCUT2D eigenvalue weighted by atomic mass is 16.5. The van der Waals surface area contributed by atoms with E-state index in [0.29, 0.717) is 36.4 Å². The molecule has 0 N–H and O–H groups in total. The molecule has 1 atom stereocenters. The van der Waals surface area contributed by atoms with Gasteiger partial charge in [0.25, 0.3) is 5.91 Å². The maximum atomic E-state index is 12.8. The summed E-state index contributed by atoms with van der Waals surface area (Å²) < 4.78 is 11.5. The normalized spacial score (nSPS) is 16.4. The summed E-state index contributed by atoms with van der Waals surface area (Å²) in [6.07, 6.45) is 0.483. The largest absolute Gasteiger partial charge is 0.471 e. The van der Waals surface area contributed by atoms with Crippen LogP contribution < -0.4 is 15.1 Å². The van der Waals surface area contributed by atoms with Crippen molar-refractivity contribution in [2.75, 3.05) is 32.1 Å². The molecule has 0 radical (unpaired) electrons. The summed E-state index contributed by atoms with van der Waals surface area (Å²) in [6.45, 7) is 0.912. The fourth-order valence-electron chi connectivity index (χ4n) is 3.16. The lowest BCUT2D eigenvalue weighted by Crippen LogP contribution is -2.31. The molecule has 28 heavy (non-hydrogen) atoms. The summed E-state index contributed by atoms with van der Waals surface area (Å²) in [5, 5.41) is 8.60. The molecule has 8 heteroatoms. The molecule has 3 heterocycles. The molecule has 2 aromatic heterocycles. The summed E-state index contributed by atoms with van der Waals surface area (Å²) in [6, 6.07) is 11.7. The zero-order chi connectivity index (χ0) is 19.7. The lowest BCUT2D eigenvalue weighted by Gasteiger charge is -2.16. The number of aromatic nitrogens is 2. The molecule has 0 bridgehead atoms. The third-order valence-corrected chi connectivity index (χ3v) is 4.65. The van der Waals surface area contributed by atoms with Crippen LogP contribution in [0.1, 0.15) is 17.0 Å². The van der Waals surface area contributed by atoms with Gasteiger partial charge in [0.2, 0.25) is 5.88 Å². The van der Waals surface area contributed by atoms with Crippen LogP contribution in [-0.4, -0.2) is 54.3 Å². The lowest BCUT2D eigenvalue weighted by atomic mass is 10.2. The molecular formula is C20H20N4O4. The molecule has 1 saturated heterocycles. The molecule has 0 saturated carbocycles. The second-order valence-corrected chi connectivity index (χ2v) is 6.87. The second-order valence-electron chi connectivity index (χ2n) is 6.87. The van der Waals surface area contributed by atoms with Crippen molar-refractivity contribution in [2.45, 2.75) is 12.5 Å². The van der Waals surface area contributed by atoms with E-state index in [9.17, 15) is 9.59 Å². The Labute approximate surface area is 161 Å². The number of anilines is 1. The van der Waals surface area contributed by atoms with Crippen molar-refractivity contribution in [3.05, 3.63) is 58.4 Å². The Morgan fingerprint density at radius 1 is 1.21 bits per heavy atom. The highest BCUT2D eigenvalue weighted by Crippen LogP contribution is 2.20. The molecule has 1 fully saturated rings. The standard InChI is InChI=1S/C20H20N4O4/c1-23(2)18-7-8-19(22-21-18)27-13-9-10-24(12-13)20(26)17-11-15(25)14-5-3-4-6-16(14)28-17/h3-8,11,13H,9-10,12H2,1-2H3. The van der Waals surface area contributed by atoms with Crippen LogP contribution in [0.3, 0.4) is 0 Å². The Hall–Kier alpha value is -3.42. The number of nitrogens with zero attached hydrogens (tertiary/aromatic N) is 4. The van der Waals surface area contributed by atoms with Gasteiger partial charge in [-0.05, 0) is 18.2 Å². The lowest BCUT2D eigenvalue weighted by molar-refractivity contribution is 0.0740. The minimum atomic E-state index is -0.317. The van der Waals surface area contributed by atoms with Crippen LogP contribution in [0.15, 0.2) is 51.7 Å². The molecule has 1 aromatic carbocycles. The Morgan fingerprint density at radius 2 is 2.04 bits per heavy atom. The summed E-state index contributed by atoms with van der Waals surface area (Å²) in [5.74, 6) is 0.881. The molecule has 0 spiro atoms. The van der Waals surface area contributed by atoms with Gasteiger partial charge in [0.1, 0.15) is 11.7 Å². The number of likely N-dealkylation sites (tertiary alicyclic amines) is 1. The van der Waals surface area contributed by atoms with Gasteiger partial charge in [-0.25, -0.2) is 0 Å². The predicted octanol–water partition coefficient (Wildman–Crippen LogP) is 1.94. The van der Waals surface area contributed by atoms with E-state index < -0.39 is 0 Å². The smallest absolute Gasteiger partial charge is 0.289 e.